The van der Waals surface area contributed by atoms with Gasteiger partial charge in [-0.3, -0.25) is 4.99 Å². The van der Waals surface area contributed by atoms with Gasteiger partial charge in [0.05, 0.1) is 32.4 Å². The fourth-order valence-electron chi connectivity index (χ4n) is 2.25. The summed E-state index contributed by atoms with van der Waals surface area (Å²) in [4.78, 5) is 4.38. The lowest BCUT2D eigenvalue weighted by Crippen LogP contribution is -2.39. The average molecular weight is 369 g/mol. The second-order valence-electron chi connectivity index (χ2n) is 6.56. The zero-order valence-electron chi connectivity index (χ0n) is 16.4. The fourth-order valence-corrected chi connectivity index (χ4v) is 2.25. The predicted molar refractivity (Wildman–Crippen MR) is 102 cm³/mol. The van der Waals surface area contributed by atoms with E-state index in [0.29, 0.717) is 25.0 Å². The summed E-state index contributed by atoms with van der Waals surface area (Å²) in [5.41, 5.74) is 0.773. The van der Waals surface area contributed by atoms with Crippen LogP contribution in [0.5, 0.6) is 5.75 Å². The summed E-state index contributed by atoms with van der Waals surface area (Å²) in [6.07, 6.45) is -0.669. The van der Waals surface area contributed by atoms with Gasteiger partial charge in [0.1, 0.15) is 0 Å². The van der Waals surface area contributed by atoms with Crippen LogP contribution in [0.3, 0.4) is 0 Å². The molecule has 0 heterocycles. The molecule has 7 heteroatoms. The van der Waals surface area contributed by atoms with Gasteiger partial charge in [-0.2, -0.15) is 0 Å². The molecule has 0 fully saturated rings. The number of aliphatic imine (C=N–C) groups is 1. The van der Waals surface area contributed by atoms with Crippen LogP contribution in [-0.4, -0.2) is 50.6 Å². The Morgan fingerprint density at radius 3 is 2.58 bits per heavy atom. The van der Waals surface area contributed by atoms with Gasteiger partial charge in [-0.05, 0) is 37.5 Å². The van der Waals surface area contributed by atoms with Crippen molar-refractivity contribution in [1.29, 1.82) is 0 Å². The first-order valence-electron chi connectivity index (χ1n) is 9.01. The molecular weight excluding hydrogens is 337 g/mol. The molecule has 1 aromatic carbocycles. The number of benzene rings is 1. The second kappa shape index (κ2) is 11.7. The summed E-state index contributed by atoms with van der Waals surface area (Å²) in [5, 5.41) is 16.3. The molecule has 0 aliphatic heterocycles. The Labute approximate surface area is 155 Å². The smallest absolute Gasteiger partial charge is 0.191 e. The molecule has 0 bridgehead atoms. The van der Waals surface area contributed by atoms with Crippen molar-refractivity contribution in [2.75, 3.05) is 33.4 Å². The molecule has 6 nitrogen and oxygen atoms in total. The highest BCUT2D eigenvalue weighted by molar-refractivity contribution is 5.80. The van der Waals surface area contributed by atoms with Gasteiger partial charge < -0.3 is 25.2 Å². The zero-order chi connectivity index (χ0) is 19.5. The molecule has 0 radical (unpaired) electrons. The van der Waals surface area contributed by atoms with Crippen molar-refractivity contribution in [2.45, 2.75) is 39.8 Å². The molecule has 0 amide bonds. The van der Waals surface area contributed by atoms with E-state index in [9.17, 15) is 9.50 Å². The average Bonchev–Trinajstić information content (AvgIpc) is 2.59. The summed E-state index contributed by atoms with van der Waals surface area (Å²) in [6.45, 7) is 9.74. The van der Waals surface area contributed by atoms with Gasteiger partial charge in [-0.25, -0.2) is 4.39 Å². The number of aliphatic hydroxyl groups is 1. The Hall–Kier alpha value is -1.86. The molecule has 0 aliphatic rings. The molecule has 0 aliphatic carbocycles. The van der Waals surface area contributed by atoms with Gasteiger partial charge in [0.25, 0.3) is 0 Å². The molecule has 0 spiro atoms. The van der Waals surface area contributed by atoms with Crippen LogP contribution in [0.15, 0.2) is 23.2 Å². The molecule has 26 heavy (non-hydrogen) atoms. The molecule has 0 saturated heterocycles. The van der Waals surface area contributed by atoms with Crippen molar-refractivity contribution >= 4 is 5.96 Å². The fraction of sp³-hybridized carbons (Fsp3) is 0.632. The molecule has 1 rings (SSSR count). The molecule has 2 atom stereocenters. The number of nitrogens with zero attached hydrogens (tertiary/aromatic N) is 1. The minimum atomic E-state index is -0.669. The number of guanidine groups is 1. The predicted octanol–water partition coefficient (Wildman–Crippen LogP) is 2.48. The van der Waals surface area contributed by atoms with E-state index in [0.717, 1.165) is 5.56 Å². The van der Waals surface area contributed by atoms with Crippen LogP contribution in [-0.2, 0) is 4.74 Å². The standard InChI is InChI=1S/C19H32FN3O3/c1-6-21-19(22-10-16(24)12-26-11-13(2)3)23-14(4)15-7-8-18(25-5)17(20)9-15/h7-9,13-14,16,24H,6,10-12H2,1-5H3,(H2,21,22,23). The highest BCUT2D eigenvalue weighted by Gasteiger charge is 2.12. The normalized spacial score (nSPS) is 14.2. The maximum atomic E-state index is 13.9. The number of hydrogen-bond donors (Lipinski definition) is 3. The lowest BCUT2D eigenvalue weighted by atomic mass is 10.1. The van der Waals surface area contributed by atoms with Crippen LogP contribution in [0, 0.1) is 11.7 Å². The van der Waals surface area contributed by atoms with Gasteiger partial charge in [0.15, 0.2) is 17.5 Å². The first kappa shape index (κ1) is 22.2. The third-order valence-corrected chi connectivity index (χ3v) is 3.59. The monoisotopic (exact) mass is 369 g/mol. The minimum absolute atomic E-state index is 0.164. The van der Waals surface area contributed by atoms with E-state index in [-0.39, 0.29) is 24.9 Å². The largest absolute Gasteiger partial charge is 0.494 e. The number of halogens is 1. The van der Waals surface area contributed by atoms with Crippen molar-refractivity contribution in [3.63, 3.8) is 0 Å². The van der Waals surface area contributed by atoms with Crippen molar-refractivity contribution in [2.24, 2.45) is 10.9 Å². The van der Waals surface area contributed by atoms with Gasteiger partial charge in [0, 0.05) is 13.2 Å². The molecular formula is C19H32FN3O3. The molecule has 2 unspecified atom stereocenters. The summed E-state index contributed by atoms with van der Waals surface area (Å²) in [7, 11) is 1.44. The lowest BCUT2D eigenvalue weighted by molar-refractivity contribution is 0.0301. The lowest BCUT2D eigenvalue weighted by Gasteiger charge is -2.19. The molecule has 0 aromatic heterocycles. The SMILES string of the molecule is CCNC(=NCC(O)COCC(C)C)NC(C)c1ccc(OC)c(F)c1. The summed E-state index contributed by atoms with van der Waals surface area (Å²) in [5.74, 6) is 0.791. The van der Waals surface area contributed by atoms with E-state index >= 15 is 0 Å². The van der Waals surface area contributed by atoms with Gasteiger partial charge in [-0.1, -0.05) is 19.9 Å². The molecule has 148 valence electrons. The van der Waals surface area contributed by atoms with Crippen LogP contribution in [0.4, 0.5) is 4.39 Å². The van der Waals surface area contributed by atoms with Crippen LogP contribution < -0.4 is 15.4 Å². The van der Waals surface area contributed by atoms with E-state index in [1.807, 2.05) is 13.8 Å². The van der Waals surface area contributed by atoms with Gasteiger partial charge in [-0.15, -0.1) is 0 Å². The highest BCUT2D eigenvalue weighted by Crippen LogP contribution is 2.21. The van der Waals surface area contributed by atoms with E-state index in [1.54, 1.807) is 12.1 Å². The Bertz CT molecular complexity index is 567. The van der Waals surface area contributed by atoms with Crippen LogP contribution in [0.1, 0.15) is 39.3 Å². The first-order chi connectivity index (χ1) is 12.4. The Morgan fingerprint density at radius 1 is 1.27 bits per heavy atom. The van der Waals surface area contributed by atoms with Gasteiger partial charge >= 0.3 is 0 Å². The first-order valence-corrected chi connectivity index (χ1v) is 9.01. The van der Waals surface area contributed by atoms with Crippen molar-refractivity contribution < 1.29 is 19.0 Å². The molecule has 1 aromatic rings. The van der Waals surface area contributed by atoms with Crippen LogP contribution in [0.25, 0.3) is 0 Å². The van der Waals surface area contributed by atoms with Crippen LogP contribution >= 0.6 is 0 Å². The number of aliphatic hydroxyl groups excluding tert-OH is 1. The van der Waals surface area contributed by atoms with E-state index in [1.165, 1.54) is 13.2 Å². The van der Waals surface area contributed by atoms with Crippen LogP contribution in [0.2, 0.25) is 0 Å². The maximum Gasteiger partial charge on any atom is 0.191 e. The number of rotatable bonds is 10. The van der Waals surface area contributed by atoms with Crippen molar-refractivity contribution in [3.8, 4) is 5.75 Å². The Morgan fingerprint density at radius 2 is 2.00 bits per heavy atom. The minimum Gasteiger partial charge on any atom is -0.494 e. The zero-order valence-corrected chi connectivity index (χ0v) is 16.4. The summed E-state index contributed by atoms with van der Waals surface area (Å²) >= 11 is 0. The number of nitrogens with one attached hydrogen (secondary N) is 2. The Kier molecular flexibility index (Phi) is 9.98. The summed E-state index contributed by atoms with van der Waals surface area (Å²) in [6, 6.07) is 4.68. The van der Waals surface area contributed by atoms with Gasteiger partial charge in [0.2, 0.25) is 0 Å². The Balaban J connectivity index is 2.63. The number of methoxy groups -OCH3 is 1. The summed E-state index contributed by atoms with van der Waals surface area (Å²) < 4.78 is 24.2. The molecule has 0 saturated carbocycles. The van der Waals surface area contributed by atoms with E-state index in [2.05, 4.69) is 29.5 Å². The van der Waals surface area contributed by atoms with Crippen molar-refractivity contribution in [3.05, 3.63) is 29.6 Å². The maximum absolute atomic E-state index is 13.9. The van der Waals surface area contributed by atoms with E-state index in [4.69, 9.17) is 9.47 Å². The highest BCUT2D eigenvalue weighted by atomic mass is 19.1. The number of hydrogen-bond acceptors (Lipinski definition) is 4. The van der Waals surface area contributed by atoms with E-state index < -0.39 is 11.9 Å². The molecule has 3 N–H and O–H groups in total. The topological polar surface area (TPSA) is 75.1 Å². The second-order valence-corrected chi connectivity index (χ2v) is 6.56. The van der Waals surface area contributed by atoms with Crippen molar-refractivity contribution in [1.82, 2.24) is 10.6 Å². The third kappa shape index (κ3) is 8.01. The third-order valence-electron chi connectivity index (χ3n) is 3.59. The quantitative estimate of drug-likeness (QED) is 0.436. The number of ether oxygens (including phenoxy) is 2.